The Morgan fingerprint density at radius 2 is 2.00 bits per heavy atom. The largest absolute Gasteiger partial charge is 0.338 e. The first kappa shape index (κ1) is 14.2. The molecular weight excluding hydrogens is 269 g/mol. The number of nitrogens with one attached hydrogen (secondary N) is 1. The average Bonchev–Trinajstić information content (AvgIpc) is 2.83. The summed E-state index contributed by atoms with van der Waals surface area (Å²) in [6, 6.07) is 6.92. The lowest BCUT2D eigenvalue weighted by molar-refractivity contribution is 0.207. The number of halogens is 1. The molecule has 1 aliphatic carbocycles. The van der Waals surface area contributed by atoms with Crippen LogP contribution in [0.1, 0.15) is 55.5 Å². The van der Waals surface area contributed by atoms with Gasteiger partial charge in [0.1, 0.15) is 5.82 Å². The summed E-state index contributed by atoms with van der Waals surface area (Å²) in [6.07, 6.45) is 3.66. The molecule has 1 aromatic heterocycles. The van der Waals surface area contributed by atoms with Crippen molar-refractivity contribution in [2.24, 2.45) is 5.92 Å². The third-order valence-electron chi connectivity index (χ3n) is 4.19. The van der Waals surface area contributed by atoms with Gasteiger partial charge in [0.2, 0.25) is 5.89 Å². The van der Waals surface area contributed by atoms with Gasteiger partial charge < -0.3 is 4.52 Å². The lowest BCUT2D eigenvalue weighted by atomic mass is 9.77. The zero-order valence-corrected chi connectivity index (χ0v) is 12.3. The van der Waals surface area contributed by atoms with Crippen molar-refractivity contribution in [3.8, 4) is 0 Å². The van der Waals surface area contributed by atoms with E-state index in [2.05, 4.69) is 15.5 Å². The second kappa shape index (κ2) is 5.93. The molecule has 1 fully saturated rings. The molecule has 0 amide bonds. The van der Waals surface area contributed by atoms with E-state index in [0.29, 0.717) is 17.6 Å². The highest BCUT2D eigenvalue weighted by atomic mass is 19.1. The van der Waals surface area contributed by atoms with E-state index >= 15 is 0 Å². The van der Waals surface area contributed by atoms with Gasteiger partial charge in [-0.05, 0) is 50.3 Å². The van der Waals surface area contributed by atoms with E-state index in [1.807, 2.05) is 26.0 Å². The molecular formula is C16H20FN3O. The Bertz CT molecular complexity index is 592. The summed E-state index contributed by atoms with van der Waals surface area (Å²) in [5, 5.41) is 7.40. The number of aromatic nitrogens is 2. The lowest BCUT2D eigenvalue weighted by Gasteiger charge is -2.36. The number of benzene rings is 1. The molecule has 2 atom stereocenters. The van der Waals surface area contributed by atoms with Crippen LogP contribution in [0.3, 0.4) is 0 Å². The summed E-state index contributed by atoms with van der Waals surface area (Å²) < 4.78 is 18.4. The molecule has 1 N–H and O–H groups in total. The molecule has 5 heteroatoms. The minimum absolute atomic E-state index is 0.0261. The van der Waals surface area contributed by atoms with Crippen molar-refractivity contribution >= 4 is 0 Å². The van der Waals surface area contributed by atoms with Gasteiger partial charge in [-0.15, -0.1) is 0 Å². The number of hydrogen-bond acceptors (Lipinski definition) is 4. The average molecular weight is 289 g/mol. The van der Waals surface area contributed by atoms with Gasteiger partial charge in [-0.25, -0.2) is 4.39 Å². The lowest BCUT2D eigenvalue weighted by Crippen LogP contribution is -2.34. The van der Waals surface area contributed by atoms with E-state index in [-0.39, 0.29) is 17.9 Å². The first-order valence-electron chi connectivity index (χ1n) is 7.45. The predicted octanol–water partition coefficient (Wildman–Crippen LogP) is 3.71. The molecule has 3 rings (SSSR count). The molecule has 0 saturated heterocycles. The zero-order valence-electron chi connectivity index (χ0n) is 12.3. The molecule has 1 saturated carbocycles. The quantitative estimate of drug-likeness (QED) is 0.911. The summed E-state index contributed by atoms with van der Waals surface area (Å²) >= 11 is 0. The molecule has 4 nitrogen and oxygen atoms in total. The summed E-state index contributed by atoms with van der Waals surface area (Å²) in [7, 11) is 0. The SMILES string of the molecule is Cc1noc([C@H](C)N[C@@H](c2ccc(F)cc2)C2CCC2)n1. The summed E-state index contributed by atoms with van der Waals surface area (Å²) in [5.41, 5.74) is 1.11. The van der Waals surface area contributed by atoms with E-state index in [4.69, 9.17) is 4.52 Å². The molecule has 21 heavy (non-hydrogen) atoms. The minimum atomic E-state index is -0.202. The normalized spacial score (nSPS) is 18.2. The van der Waals surface area contributed by atoms with E-state index in [1.54, 1.807) is 0 Å². The van der Waals surface area contributed by atoms with E-state index in [0.717, 1.165) is 5.56 Å². The maximum Gasteiger partial charge on any atom is 0.243 e. The Kier molecular flexibility index (Phi) is 4.01. The van der Waals surface area contributed by atoms with Crippen molar-refractivity contribution in [1.29, 1.82) is 0 Å². The topological polar surface area (TPSA) is 51.0 Å². The number of nitrogens with zero attached hydrogens (tertiary/aromatic N) is 2. The fourth-order valence-corrected chi connectivity index (χ4v) is 2.78. The van der Waals surface area contributed by atoms with Gasteiger partial charge >= 0.3 is 0 Å². The monoisotopic (exact) mass is 289 g/mol. The van der Waals surface area contributed by atoms with Crippen LogP contribution in [0.25, 0.3) is 0 Å². The molecule has 0 aliphatic heterocycles. The Hall–Kier alpha value is -1.75. The van der Waals surface area contributed by atoms with Gasteiger partial charge in [-0.1, -0.05) is 23.7 Å². The first-order chi connectivity index (χ1) is 10.1. The van der Waals surface area contributed by atoms with Crippen LogP contribution in [-0.4, -0.2) is 10.1 Å². The van der Waals surface area contributed by atoms with Crippen molar-refractivity contribution in [3.05, 3.63) is 47.4 Å². The Labute approximate surface area is 123 Å². The van der Waals surface area contributed by atoms with Crippen LogP contribution in [-0.2, 0) is 0 Å². The van der Waals surface area contributed by atoms with Crippen molar-refractivity contribution in [2.75, 3.05) is 0 Å². The highest BCUT2D eigenvalue weighted by Crippen LogP contribution is 2.38. The van der Waals surface area contributed by atoms with Gasteiger partial charge in [-0.2, -0.15) is 4.98 Å². The van der Waals surface area contributed by atoms with Crippen molar-refractivity contribution in [2.45, 2.75) is 45.2 Å². The second-order valence-corrected chi connectivity index (χ2v) is 5.79. The molecule has 1 aromatic carbocycles. The van der Waals surface area contributed by atoms with Crippen LogP contribution in [0, 0.1) is 18.7 Å². The summed E-state index contributed by atoms with van der Waals surface area (Å²) in [6.45, 7) is 3.82. The summed E-state index contributed by atoms with van der Waals surface area (Å²) in [4.78, 5) is 4.27. The fourth-order valence-electron chi connectivity index (χ4n) is 2.78. The Balaban J connectivity index is 1.77. The van der Waals surface area contributed by atoms with Crippen molar-refractivity contribution in [1.82, 2.24) is 15.5 Å². The maximum absolute atomic E-state index is 13.1. The van der Waals surface area contributed by atoms with Crippen LogP contribution >= 0.6 is 0 Å². The van der Waals surface area contributed by atoms with Crippen LogP contribution in [0.2, 0.25) is 0 Å². The second-order valence-electron chi connectivity index (χ2n) is 5.79. The Morgan fingerprint density at radius 3 is 2.52 bits per heavy atom. The predicted molar refractivity (Wildman–Crippen MR) is 77.1 cm³/mol. The standard InChI is InChI=1S/C16H20FN3O/c1-10(16-19-11(2)20-21-16)18-15(12-4-3-5-12)13-6-8-14(17)9-7-13/h6-10,12,15,18H,3-5H2,1-2H3/t10-,15+/m0/s1. The van der Waals surface area contributed by atoms with Crippen molar-refractivity contribution < 1.29 is 8.91 Å². The molecule has 0 spiro atoms. The van der Waals surface area contributed by atoms with Crippen LogP contribution < -0.4 is 5.32 Å². The van der Waals surface area contributed by atoms with E-state index < -0.39 is 0 Å². The highest BCUT2D eigenvalue weighted by Gasteiger charge is 2.30. The molecule has 0 bridgehead atoms. The molecule has 2 aromatic rings. The molecule has 1 aliphatic rings. The number of rotatable bonds is 5. The number of aryl methyl sites for hydroxylation is 1. The van der Waals surface area contributed by atoms with E-state index in [1.165, 1.54) is 31.4 Å². The highest BCUT2D eigenvalue weighted by molar-refractivity contribution is 5.21. The fraction of sp³-hybridized carbons (Fsp3) is 0.500. The molecule has 0 radical (unpaired) electrons. The molecule has 0 unspecified atom stereocenters. The zero-order chi connectivity index (χ0) is 14.8. The summed E-state index contributed by atoms with van der Waals surface area (Å²) in [5.74, 6) is 1.62. The third kappa shape index (κ3) is 3.13. The van der Waals surface area contributed by atoms with Crippen LogP contribution in [0.4, 0.5) is 4.39 Å². The Morgan fingerprint density at radius 1 is 1.29 bits per heavy atom. The minimum Gasteiger partial charge on any atom is -0.338 e. The molecule has 1 heterocycles. The third-order valence-corrected chi connectivity index (χ3v) is 4.19. The van der Waals surface area contributed by atoms with Crippen LogP contribution in [0.5, 0.6) is 0 Å². The van der Waals surface area contributed by atoms with Gasteiger partial charge in [-0.3, -0.25) is 5.32 Å². The van der Waals surface area contributed by atoms with Gasteiger partial charge in [0, 0.05) is 6.04 Å². The number of hydrogen-bond donors (Lipinski definition) is 1. The smallest absolute Gasteiger partial charge is 0.243 e. The van der Waals surface area contributed by atoms with Crippen LogP contribution in [0.15, 0.2) is 28.8 Å². The van der Waals surface area contributed by atoms with Gasteiger partial charge in [0.15, 0.2) is 5.82 Å². The maximum atomic E-state index is 13.1. The van der Waals surface area contributed by atoms with E-state index in [9.17, 15) is 4.39 Å². The van der Waals surface area contributed by atoms with Crippen molar-refractivity contribution in [3.63, 3.8) is 0 Å². The first-order valence-corrected chi connectivity index (χ1v) is 7.45. The molecule has 112 valence electrons. The van der Waals surface area contributed by atoms with Gasteiger partial charge in [0.05, 0.1) is 6.04 Å². The van der Waals surface area contributed by atoms with Gasteiger partial charge in [0.25, 0.3) is 0 Å².